The minimum atomic E-state index is 0.0952. The van der Waals surface area contributed by atoms with Crippen LogP contribution in [-0.2, 0) is 0 Å². The molecule has 0 saturated carbocycles. The predicted octanol–water partition coefficient (Wildman–Crippen LogP) is 2.16. The number of hydrogen-bond acceptors (Lipinski definition) is 2. The number of benzene rings is 1. The van der Waals surface area contributed by atoms with Gasteiger partial charge in [-0.05, 0) is 38.6 Å². The van der Waals surface area contributed by atoms with Gasteiger partial charge in [-0.2, -0.15) is 0 Å². The Morgan fingerprint density at radius 3 is 2.75 bits per heavy atom. The Balaban J connectivity index is 2.81. The number of carbonyl (C=O) groups is 1. The van der Waals surface area contributed by atoms with Crippen LogP contribution in [0.3, 0.4) is 0 Å². The summed E-state index contributed by atoms with van der Waals surface area (Å²) in [6, 6.07) is 5.64. The van der Waals surface area contributed by atoms with Gasteiger partial charge in [0.25, 0.3) is 0 Å². The first kappa shape index (κ1) is 12.5. The average molecular weight is 215 g/mol. The van der Waals surface area contributed by atoms with Crippen LogP contribution in [0.4, 0.5) is 0 Å². The molecule has 0 aliphatic rings. The van der Waals surface area contributed by atoms with E-state index < -0.39 is 0 Å². The van der Waals surface area contributed by atoms with Gasteiger partial charge in [0.2, 0.25) is 0 Å². The van der Waals surface area contributed by atoms with E-state index in [9.17, 15) is 4.79 Å². The van der Waals surface area contributed by atoms with E-state index in [0.29, 0.717) is 0 Å². The van der Waals surface area contributed by atoms with E-state index in [1.165, 1.54) is 0 Å². The molecule has 0 radical (unpaired) electrons. The molecular formula is C14H17NO. The Hall–Kier alpha value is -1.59. The monoisotopic (exact) mass is 215 g/mol. The van der Waals surface area contributed by atoms with Gasteiger partial charge in [0.05, 0.1) is 0 Å². The Labute approximate surface area is 97.1 Å². The third-order valence-corrected chi connectivity index (χ3v) is 2.36. The van der Waals surface area contributed by atoms with Crippen LogP contribution in [0.25, 0.3) is 0 Å². The standard InChI is InChI=1S/C14H17NO/c1-11-10-14(12(2)16)8-7-13(11)6-4-5-9-15-3/h7-8,10,15H,5,9H2,1-3H3. The molecule has 0 atom stereocenters. The predicted molar refractivity (Wildman–Crippen MR) is 66.6 cm³/mol. The largest absolute Gasteiger partial charge is 0.319 e. The van der Waals surface area contributed by atoms with Gasteiger partial charge in [0.15, 0.2) is 5.78 Å². The molecular weight excluding hydrogens is 198 g/mol. The Kier molecular flexibility index (Phi) is 4.75. The fourth-order valence-corrected chi connectivity index (χ4v) is 1.37. The number of aryl methyl sites for hydroxylation is 1. The van der Waals surface area contributed by atoms with E-state index in [1.807, 2.05) is 32.2 Å². The van der Waals surface area contributed by atoms with Crippen LogP contribution in [0.15, 0.2) is 18.2 Å². The molecule has 2 heteroatoms. The number of carbonyl (C=O) groups excluding carboxylic acids is 1. The molecule has 1 rings (SSSR count). The van der Waals surface area contributed by atoms with E-state index in [-0.39, 0.29) is 5.78 Å². The molecule has 0 amide bonds. The fraction of sp³-hybridized carbons (Fsp3) is 0.357. The van der Waals surface area contributed by atoms with Crippen molar-refractivity contribution < 1.29 is 4.79 Å². The van der Waals surface area contributed by atoms with Crippen LogP contribution in [0, 0.1) is 18.8 Å². The number of hydrogen-bond donors (Lipinski definition) is 1. The maximum atomic E-state index is 11.2. The highest BCUT2D eigenvalue weighted by Gasteiger charge is 2.01. The summed E-state index contributed by atoms with van der Waals surface area (Å²) in [5.41, 5.74) is 2.81. The van der Waals surface area contributed by atoms with Crippen LogP contribution >= 0.6 is 0 Å². The molecule has 0 unspecified atom stereocenters. The number of ketones is 1. The van der Waals surface area contributed by atoms with Gasteiger partial charge in [-0.25, -0.2) is 0 Å². The summed E-state index contributed by atoms with van der Waals surface area (Å²) < 4.78 is 0. The first-order valence-corrected chi connectivity index (χ1v) is 5.40. The van der Waals surface area contributed by atoms with Crippen molar-refractivity contribution in [1.29, 1.82) is 0 Å². The van der Waals surface area contributed by atoms with Crippen molar-refractivity contribution in [2.75, 3.05) is 13.6 Å². The van der Waals surface area contributed by atoms with E-state index in [2.05, 4.69) is 17.2 Å². The smallest absolute Gasteiger partial charge is 0.159 e. The number of Topliss-reactive ketones (excluding diaryl/α,β-unsaturated/α-hetero) is 1. The second-order valence-corrected chi connectivity index (χ2v) is 3.74. The van der Waals surface area contributed by atoms with Crippen LogP contribution in [0.5, 0.6) is 0 Å². The third-order valence-electron chi connectivity index (χ3n) is 2.36. The first-order chi connectivity index (χ1) is 7.65. The Morgan fingerprint density at radius 1 is 1.44 bits per heavy atom. The molecule has 0 aliphatic carbocycles. The average Bonchev–Trinajstić information content (AvgIpc) is 2.26. The molecule has 0 fully saturated rings. The van der Waals surface area contributed by atoms with Crippen molar-refractivity contribution in [1.82, 2.24) is 5.32 Å². The summed E-state index contributed by atoms with van der Waals surface area (Å²) in [5.74, 6) is 6.30. The molecule has 2 nitrogen and oxygen atoms in total. The van der Waals surface area contributed by atoms with Gasteiger partial charge < -0.3 is 5.32 Å². The molecule has 0 spiro atoms. The van der Waals surface area contributed by atoms with Gasteiger partial charge in [-0.15, -0.1) is 0 Å². The van der Waals surface area contributed by atoms with Crippen molar-refractivity contribution in [2.24, 2.45) is 0 Å². The summed E-state index contributed by atoms with van der Waals surface area (Å²) in [4.78, 5) is 11.2. The molecule has 1 N–H and O–H groups in total. The number of rotatable bonds is 3. The maximum absolute atomic E-state index is 11.2. The second-order valence-electron chi connectivity index (χ2n) is 3.74. The van der Waals surface area contributed by atoms with E-state index >= 15 is 0 Å². The zero-order valence-corrected chi connectivity index (χ0v) is 10.1. The zero-order chi connectivity index (χ0) is 12.0. The normalized spacial score (nSPS) is 9.44. The molecule has 0 heterocycles. The summed E-state index contributed by atoms with van der Waals surface area (Å²) in [5, 5.41) is 3.05. The highest BCUT2D eigenvalue weighted by molar-refractivity contribution is 5.94. The lowest BCUT2D eigenvalue weighted by atomic mass is 10.0. The van der Waals surface area contributed by atoms with Crippen LogP contribution in [-0.4, -0.2) is 19.4 Å². The van der Waals surface area contributed by atoms with Gasteiger partial charge in [0, 0.05) is 24.1 Å². The van der Waals surface area contributed by atoms with Gasteiger partial charge in [-0.3, -0.25) is 4.79 Å². The maximum Gasteiger partial charge on any atom is 0.159 e. The summed E-state index contributed by atoms with van der Waals surface area (Å²) in [6.45, 7) is 4.46. The second kappa shape index (κ2) is 6.09. The van der Waals surface area contributed by atoms with Crippen molar-refractivity contribution in [3.8, 4) is 11.8 Å². The minimum Gasteiger partial charge on any atom is -0.319 e. The summed E-state index contributed by atoms with van der Waals surface area (Å²) in [6.07, 6.45) is 0.838. The SMILES string of the molecule is CNCCC#Cc1ccc(C(C)=O)cc1C. The van der Waals surface area contributed by atoms with Crippen molar-refractivity contribution in [3.05, 3.63) is 34.9 Å². The summed E-state index contributed by atoms with van der Waals surface area (Å²) in [7, 11) is 1.91. The molecule has 0 aromatic heterocycles. The molecule has 0 bridgehead atoms. The van der Waals surface area contributed by atoms with Gasteiger partial charge in [0.1, 0.15) is 0 Å². The highest BCUT2D eigenvalue weighted by atomic mass is 16.1. The van der Waals surface area contributed by atoms with Gasteiger partial charge in [-0.1, -0.05) is 17.9 Å². The van der Waals surface area contributed by atoms with Crippen LogP contribution < -0.4 is 5.32 Å². The third kappa shape index (κ3) is 3.52. The topological polar surface area (TPSA) is 29.1 Å². The minimum absolute atomic E-state index is 0.0952. The number of nitrogens with one attached hydrogen (secondary N) is 1. The Bertz CT molecular complexity index is 438. The van der Waals surface area contributed by atoms with Crippen molar-refractivity contribution in [2.45, 2.75) is 20.3 Å². The lowest BCUT2D eigenvalue weighted by molar-refractivity contribution is 0.101. The zero-order valence-electron chi connectivity index (χ0n) is 10.1. The van der Waals surface area contributed by atoms with Crippen molar-refractivity contribution in [3.63, 3.8) is 0 Å². The molecule has 0 saturated heterocycles. The lowest BCUT2D eigenvalue weighted by Gasteiger charge is -2.00. The quantitative estimate of drug-likeness (QED) is 0.475. The Morgan fingerprint density at radius 2 is 2.19 bits per heavy atom. The van der Waals surface area contributed by atoms with Crippen molar-refractivity contribution >= 4 is 5.78 Å². The summed E-state index contributed by atoms with van der Waals surface area (Å²) >= 11 is 0. The molecule has 1 aromatic rings. The molecule has 0 aliphatic heterocycles. The first-order valence-electron chi connectivity index (χ1n) is 5.40. The molecule has 84 valence electrons. The van der Waals surface area contributed by atoms with Crippen LogP contribution in [0.2, 0.25) is 0 Å². The highest BCUT2D eigenvalue weighted by Crippen LogP contribution is 2.10. The molecule has 1 aromatic carbocycles. The lowest BCUT2D eigenvalue weighted by Crippen LogP contribution is -2.05. The fourth-order valence-electron chi connectivity index (χ4n) is 1.37. The molecule has 16 heavy (non-hydrogen) atoms. The van der Waals surface area contributed by atoms with E-state index in [0.717, 1.165) is 29.7 Å². The van der Waals surface area contributed by atoms with E-state index in [4.69, 9.17) is 0 Å². The van der Waals surface area contributed by atoms with Gasteiger partial charge >= 0.3 is 0 Å². The van der Waals surface area contributed by atoms with Crippen LogP contribution in [0.1, 0.15) is 34.8 Å². The van der Waals surface area contributed by atoms with E-state index in [1.54, 1.807) is 6.92 Å².